The van der Waals surface area contributed by atoms with Crippen LogP contribution in [0.5, 0.6) is 0 Å². The highest BCUT2D eigenvalue weighted by molar-refractivity contribution is 6.58. The number of halogens is 4. The summed E-state index contributed by atoms with van der Waals surface area (Å²) in [6, 6.07) is 2.21. The summed E-state index contributed by atoms with van der Waals surface area (Å²) in [4.78, 5) is 4.12. The van der Waals surface area contributed by atoms with Crippen molar-refractivity contribution in [1.82, 2.24) is 29.8 Å². The van der Waals surface area contributed by atoms with Gasteiger partial charge in [-0.3, -0.25) is 9.67 Å². The summed E-state index contributed by atoms with van der Waals surface area (Å²) >= 11 is 0. The van der Waals surface area contributed by atoms with Crippen LogP contribution in [0.15, 0.2) is 36.9 Å². The van der Waals surface area contributed by atoms with E-state index in [9.17, 15) is 27.6 Å². The Labute approximate surface area is 161 Å². The van der Waals surface area contributed by atoms with Crippen molar-refractivity contribution in [1.29, 1.82) is 0 Å². The number of ether oxygens (including phenoxy) is 1. The number of pyridine rings is 1. The predicted octanol–water partition coefficient (Wildman–Crippen LogP) is 0.830. The van der Waals surface area contributed by atoms with Crippen LogP contribution >= 0.6 is 0 Å². The Kier molecular flexibility index (Phi) is 6.56. The van der Waals surface area contributed by atoms with Gasteiger partial charge in [-0.2, -0.15) is 27.3 Å². The van der Waals surface area contributed by atoms with E-state index in [0.717, 1.165) is 6.20 Å². The summed E-state index contributed by atoms with van der Waals surface area (Å²) in [5, 5.41) is 29.2. The van der Waals surface area contributed by atoms with Crippen LogP contribution in [0.1, 0.15) is 24.7 Å². The fourth-order valence-corrected chi connectivity index (χ4v) is 2.69. The lowest BCUT2D eigenvalue weighted by molar-refractivity contribution is -0.130. The van der Waals surface area contributed by atoms with Crippen LogP contribution in [0, 0.1) is 0 Å². The molecule has 0 saturated heterocycles. The Hall–Kier alpha value is -2.84. The Bertz CT molecular complexity index is 921. The molecule has 0 bridgehead atoms. The maximum atomic E-state index is 13.0. The molecule has 9 nitrogen and oxygen atoms in total. The smallest absolute Gasteiger partial charge is 0.423 e. The summed E-state index contributed by atoms with van der Waals surface area (Å²) in [6.07, 6.45) is 5.16. The second-order valence-electron chi connectivity index (χ2n) is 5.88. The van der Waals surface area contributed by atoms with Gasteiger partial charge in [0.2, 0.25) is 0 Å². The van der Waals surface area contributed by atoms with Gasteiger partial charge in [0.1, 0.15) is 0 Å². The maximum absolute atomic E-state index is 13.0. The number of hydrogen-bond donors (Lipinski definition) is 2. The summed E-state index contributed by atoms with van der Waals surface area (Å²) in [7, 11) is -1.71. The van der Waals surface area contributed by atoms with E-state index in [-0.39, 0.29) is 29.7 Å². The number of rotatable bonds is 9. The van der Waals surface area contributed by atoms with Crippen molar-refractivity contribution in [3.63, 3.8) is 0 Å². The predicted molar refractivity (Wildman–Crippen MR) is 91.3 cm³/mol. The molecule has 2 N–H and O–H groups in total. The Morgan fingerprint density at radius 1 is 1.10 bits per heavy atom. The zero-order chi connectivity index (χ0) is 21.0. The fraction of sp³-hybridized carbons (Fsp3) is 0.333. The molecule has 3 heterocycles. The van der Waals surface area contributed by atoms with Gasteiger partial charge in [0.25, 0.3) is 0 Å². The highest BCUT2D eigenvalue weighted by Gasteiger charge is 2.21. The van der Waals surface area contributed by atoms with Crippen molar-refractivity contribution >= 4 is 12.6 Å². The van der Waals surface area contributed by atoms with Crippen LogP contribution < -0.4 is 5.46 Å². The monoisotopic (exact) mass is 414 g/mol. The first-order valence-electron chi connectivity index (χ1n) is 8.31. The van der Waals surface area contributed by atoms with Crippen LogP contribution in [0.2, 0.25) is 0 Å². The van der Waals surface area contributed by atoms with Gasteiger partial charge in [-0.05, 0) is 12.5 Å². The SMILES string of the molecule is OB(O)c1ccc(C(CCOC(F)F)n2cc(-c3cnnn3C(F)F)cn2)nc1. The van der Waals surface area contributed by atoms with Gasteiger partial charge in [-0.15, -0.1) is 5.10 Å². The Morgan fingerprint density at radius 3 is 2.52 bits per heavy atom. The van der Waals surface area contributed by atoms with Crippen molar-refractivity contribution in [3.05, 3.63) is 42.6 Å². The zero-order valence-electron chi connectivity index (χ0n) is 14.7. The lowest BCUT2D eigenvalue weighted by Gasteiger charge is -2.17. The molecule has 0 aliphatic rings. The van der Waals surface area contributed by atoms with Gasteiger partial charge in [0, 0.05) is 23.4 Å². The van der Waals surface area contributed by atoms with E-state index >= 15 is 0 Å². The summed E-state index contributed by atoms with van der Waals surface area (Å²) in [5.74, 6) is 0. The topological polar surface area (TPSA) is 111 Å². The zero-order valence-corrected chi connectivity index (χ0v) is 14.7. The van der Waals surface area contributed by atoms with E-state index in [1.165, 1.54) is 35.4 Å². The molecule has 14 heteroatoms. The molecule has 1 unspecified atom stereocenters. The molecule has 0 aliphatic carbocycles. The molecule has 3 aromatic heterocycles. The second kappa shape index (κ2) is 9.11. The van der Waals surface area contributed by atoms with Crippen LogP contribution in [-0.4, -0.2) is 60.1 Å². The summed E-state index contributed by atoms with van der Waals surface area (Å²) in [6.45, 7) is -6.17. The first kappa shape index (κ1) is 20.9. The molecule has 1 atom stereocenters. The minimum atomic E-state index is -2.95. The first-order chi connectivity index (χ1) is 13.9. The van der Waals surface area contributed by atoms with Gasteiger partial charge in [0.05, 0.1) is 36.4 Å². The third-order valence-corrected chi connectivity index (χ3v) is 4.06. The molecular weight excluding hydrogens is 399 g/mol. The van der Waals surface area contributed by atoms with Gasteiger partial charge in [-0.25, -0.2) is 0 Å². The Balaban J connectivity index is 1.89. The van der Waals surface area contributed by atoms with Crippen molar-refractivity contribution in [2.75, 3.05) is 6.61 Å². The van der Waals surface area contributed by atoms with E-state index in [1.54, 1.807) is 0 Å². The summed E-state index contributed by atoms with van der Waals surface area (Å²) < 4.78 is 56.8. The van der Waals surface area contributed by atoms with Gasteiger partial charge >= 0.3 is 20.3 Å². The van der Waals surface area contributed by atoms with E-state index in [2.05, 4.69) is 25.1 Å². The quantitative estimate of drug-likeness (QED) is 0.394. The molecular formula is C15H15BF4N6O3. The van der Waals surface area contributed by atoms with Crippen LogP contribution in [0.25, 0.3) is 11.3 Å². The molecule has 0 radical (unpaired) electrons. The van der Waals surface area contributed by atoms with Gasteiger partial charge in [-0.1, -0.05) is 11.3 Å². The number of alkyl halides is 4. The van der Waals surface area contributed by atoms with Crippen molar-refractivity contribution in [2.24, 2.45) is 0 Å². The van der Waals surface area contributed by atoms with Crippen LogP contribution in [0.4, 0.5) is 17.6 Å². The largest absolute Gasteiger partial charge is 0.490 e. The van der Waals surface area contributed by atoms with Crippen molar-refractivity contribution < 1.29 is 32.3 Å². The standard InChI is InChI=1S/C15H15BF4N6O3/c17-14(18)26-13(7-22-24-26)9-5-23-25(8-9)12(3-4-29-15(19)20)11-2-1-10(6-21-11)16(27)28/h1-2,5-8,12,14-15,27-28H,3-4H2. The van der Waals surface area contributed by atoms with E-state index < -0.39 is 26.3 Å². The van der Waals surface area contributed by atoms with Crippen molar-refractivity contribution in [3.8, 4) is 11.3 Å². The van der Waals surface area contributed by atoms with E-state index in [4.69, 9.17) is 0 Å². The molecule has 3 aromatic rings. The Morgan fingerprint density at radius 2 is 1.90 bits per heavy atom. The van der Waals surface area contributed by atoms with Gasteiger partial charge < -0.3 is 14.8 Å². The minimum absolute atomic E-state index is 0.0283. The molecule has 3 rings (SSSR count). The molecule has 0 aliphatic heterocycles. The molecule has 154 valence electrons. The van der Waals surface area contributed by atoms with Crippen LogP contribution in [-0.2, 0) is 4.74 Å². The molecule has 0 amide bonds. The highest BCUT2D eigenvalue weighted by Crippen LogP contribution is 2.26. The number of nitrogens with zero attached hydrogens (tertiary/aromatic N) is 6. The lowest BCUT2D eigenvalue weighted by Crippen LogP contribution is -2.30. The second-order valence-corrected chi connectivity index (χ2v) is 5.88. The molecule has 29 heavy (non-hydrogen) atoms. The lowest BCUT2D eigenvalue weighted by atomic mass is 9.81. The molecule has 0 spiro atoms. The van der Waals surface area contributed by atoms with E-state index in [1.807, 2.05) is 0 Å². The molecule has 0 aromatic carbocycles. The third-order valence-electron chi connectivity index (χ3n) is 4.06. The number of aromatic nitrogens is 6. The third kappa shape index (κ3) is 4.96. The maximum Gasteiger partial charge on any atom is 0.490 e. The fourth-order valence-electron chi connectivity index (χ4n) is 2.69. The average Bonchev–Trinajstić information content (AvgIpc) is 3.34. The normalized spacial score (nSPS) is 12.7. The van der Waals surface area contributed by atoms with Crippen molar-refractivity contribution in [2.45, 2.75) is 25.6 Å². The highest BCUT2D eigenvalue weighted by atomic mass is 19.3. The minimum Gasteiger partial charge on any atom is -0.423 e. The first-order valence-corrected chi connectivity index (χ1v) is 8.31. The van der Waals surface area contributed by atoms with Gasteiger partial charge in [0.15, 0.2) is 0 Å². The number of hydrogen-bond acceptors (Lipinski definition) is 7. The molecule has 0 fully saturated rings. The van der Waals surface area contributed by atoms with E-state index in [0.29, 0.717) is 10.4 Å². The molecule has 0 saturated carbocycles. The summed E-state index contributed by atoms with van der Waals surface area (Å²) in [5.41, 5.74) is 0.838. The average molecular weight is 414 g/mol. The van der Waals surface area contributed by atoms with Crippen LogP contribution in [0.3, 0.4) is 0 Å².